The van der Waals surface area contributed by atoms with Crippen LogP contribution in [0.25, 0.3) is 0 Å². The zero-order valence-electron chi connectivity index (χ0n) is 25.1. The van der Waals surface area contributed by atoms with E-state index < -0.39 is 23.1 Å². The number of carbonyl (C=O) groups is 4. The first-order valence-corrected chi connectivity index (χ1v) is 15.6. The van der Waals surface area contributed by atoms with Crippen molar-refractivity contribution in [2.24, 2.45) is 0 Å². The molecular weight excluding hydrogens is 594 g/mol. The monoisotopic (exact) mass is 631 g/mol. The molecule has 0 aliphatic rings. The molecule has 0 saturated heterocycles. The van der Waals surface area contributed by atoms with Crippen LogP contribution in [0.3, 0.4) is 0 Å². The van der Waals surface area contributed by atoms with Crippen molar-refractivity contribution in [3.8, 4) is 5.75 Å². The molecule has 0 aliphatic carbocycles. The SMILES string of the molecule is CCCCn1c(CNC(=O)c2cccc(OC)c2)nnc1S[C@@H](C)C(=O)Nc1sc(C(=O)OCC)c(C)c1C(=O)OCC. The summed E-state index contributed by atoms with van der Waals surface area (Å²) < 4.78 is 17.4. The molecule has 12 nitrogen and oxygen atoms in total. The highest BCUT2D eigenvalue weighted by molar-refractivity contribution is 8.00. The summed E-state index contributed by atoms with van der Waals surface area (Å²) >= 11 is 2.17. The smallest absolute Gasteiger partial charge is 0.348 e. The van der Waals surface area contributed by atoms with Crippen LogP contribution in [0, 0.1) is 6.92 Å². The summed E-state index contributed by atoms with van der Waals surface area (Å²) in [4.78, 5) is 51.5. The Morgan fingerprint density at radius 1 is 1.07 bits per heavy atom. The Morgan fingerprint density at radius 3 is 2.47 bits per heavy atom. The van der Waals surface area contributed by atoms with Crippen LogP contribution < -0.4 is 15.4 Å². The Kier molecular flexibility index (Phi) is 12.6. The zero-order chi connectivity index (χ0) is 31.5. The average molecular weight is 632 g/mol. The number of nitrogens with zero attached hydrogens (tertiary/aromatic N) is 3. The van der Waals surface area contributed by atoms with Crippen molar-refractivity contribution in [1.82, 2.24) is 20.1 Å². The van der Waals surface area contributed by atoms with E-state index in [1.165, 1.54) is 18.9 Å². The van der Waals surface area contributed by atoms with Gasteiger partial charge in [0.05, 0.1) is 37.7 Å². The summed E-state index contributed by atoms with van der Waals surface area (Å²) in [6.45, 7) is 9.81. The highest BCUT2D eigenvalue weighted by atomic mass is 32.2. The van der Waals surface area contributed by atoms with E-state index in [9.17, 15) is 19.2 Å². The summed E-state index contributed by atoms with van der Waals surface area (Å²) in [6.07, 6.45) is 1.77. The van der Waals surface area contributed by atoms with E-state index in [1.807, 2.05) is 4.57 Å². The maximum absolute atomic E-state index is 13.3. The highest BCUT2D eigenvalue weighted by Gasteiger charge is 2.29. The number of nitrogens with one attached hydrogen (secondary N) is 2. The van der Waals surface area contributed by atoms with Crippen LogP contribution in [0.1, 0.15) is 82.3 Å². The number of aromatic nitrogens is 3. The number of esters is 2. The van der Waals surface area contributed by atoms with Gasteiger partial charge < -0.3 is 29.4 Å². The third-order valence-corrected chi connectivity index (χ3v) is 8.51. The van der Waals surface area contributed by atoms with Crippen molar-refractivity contribution in [3.63, 3.8) is 0 Å². The summed E-state index contributed by atoms with van der Waals surface area (Å²) in [5.41, 5.74) is 0.967. The molecule has 3 rings (SSSR count). The fourth-order valence-electron chi connectivity index (χ4n) is 3.97. The second-order valence-electron chi connectivity index (χ2n) is 9.27. The molecular formula is C29H37N5O7S2. The van der Waals surface area contributed by atoms with Gasteiger partial charge in [-0.1, -0.05) is 31.2 Å². The maximum Gasteiger partial charge on any atom is 0.348 e. The summed E-state index contributed by atoms with van der Waals surface area (Å²) in [5, 5.41) is 14.3. The third-order valence-electron chi connectivity index (χ3n) is 6.24. The number of ether oxygens (including phenoxy) is 3. The first kappa shape index (κ1) is 33.6. The van der Waals surface area contributed by atoms with Gasteiger partial charge in [0, 0.05) is 12.1 Å². The predicted molar refractivity (Wildman–Crippen MR) is 164 cm³/mol. The number of hydrogen-bond donors (Lipinski definition) is 2. The molecule has 0 aliphatic heterocycles. The number of thioether (sulfide) groups is 1. The normalized spacial score (nSPS) is 11.5. The number of rotatable bonds is 15. The number of thiophene rings is 1. The molecule has 1 atom stereocenters. The summed E-state index contributed by atoms with van der Waals surface area (Å²) in [5.74, 6) is -0.760. The van der Waals surface area contributed by atoms with Crippen molar-refractivity contribution in [1.29, 1.82) is 0 Å². The fourth-order valence-corrected chi connectivity index (χ4v) is 5.96. The number of anilines is 1. The second kappa shape index (κ2) is 16.1. The Bertz CT molecular complexity index is 1450. The lowest BCUT2D eigenvalue weighted by Crippen LogP contribution is -2.25. The molecule has 43 heavy (non-hydrogen) atoms. The van der Waals surface area contributed by atoms with Gasteiger partial charge in [-0.2, -0.15) is 0 Å². The molecule has 2 heterocycles. The van der Waals surface area contributed by atoms with Crippen LogP contribution >= 0.6 is 23.1 Å². The summed E-state index contributed by atoms with van der Waals surface area (Å²) in [7, 11) is 1.54. The minimum atomic E-state index is -0.646. The topological polar surface area (TPSA) is 151 Å². The molecule has 0 saturated carbocycles. The second-order valence-corrected chi connectivity index (χ2v) is 11.6. The van der Waals surface area contributed by atoms with Crippen molar-refractivity contribution in [2.45, 2.75) is 71.0 Å². The lowest BCUT2D eigenvalue weighted by molar-refractivity contribution is -0.115. The van der Waals surface area contributed by atoms with Crippen LogP contribution in [0.2, 0.25) is 0 Å². The standard InChI is InChI=1S/C29H37N5O7S2/c1-7-10-14-34-21(16-30-25(36)19-12-11-13-20(15-19)39-6)32-33-29(34)42-18(5)24(35)31-26-22(27(37)40-8-2)17(4)23(43-26)28(38)41-9-3/h11-13,15,18H,7-10,14,16H2,1-6H3,(H,30,36)(H,31,35)/t18-/m0/s1. The van der Waals surface area contributed by atoms with E-state index in [-0.39, 0.29) is 41.1 Å². The molecule has 0 bridgehead atoms. The molecule has 14 heteroatoms. The van der Waals surface area contributed by atoms with Crippen molar-refractivity contribution >= 4 is 51.9 Å². The quantitative estimate of drug-likeness (QED) is 0.176. The van der Waals surface area contributed by atoms with Crippen LogP contribution in [0.5, 0.6) is 5.75 Å². The molecule has 1 aromatic carbocycles. The molecule has 232 valence electrons. The third kappa shape index (κ3) is 8.57. The van der Waals surface area contributed by atoms with E-state index in [0.717, 1.165) is 24.2 Å². The Balaban J connectivity index is 1.77. The fraction of sp³-hybridized carbons (Fsp3) is 0.448. The molecule has 2 amide bonds. The van der Waals surface area contributed by atoms with E-state index in [0.29, 0.717) is 34.4 Å². The molecule has 2 N–H and O–H groups in total. The molecule has 3 aromatic rings. The summed E-state index contributed by atoms with van der Waals surface area (Å²) in [6, 6.07) is 6.84. The van der Waals surface area contributed by atoms with Gasteiger partial charge in [0.15, 0.2) is 11.0 Å². The number of hydrogen-bond acceptors (Lipinski definition) is 11. The van der Waals surface area contributed by atoms with Gasteiger partial charge in [0.25, 0.3) is 5.91 Å². The number of methoxy groups -OCH3 is 1. The molecule has 0 spiro atoms. The van der Waals surface area contributed by atoms with Crippen LogP contribution in [0.4, 0.5) is 5.00 Å². The van der Waals surface area contributed by atoms with Gasteiger partial charge in [0.1, 0.15) is 15.6 Å². The molecule has 0 fully saturated rings. The Hall–Kier alpha value is -3.91. The van der Waals surface area contributed by atoms with Gasteiger partial charge in [-0.15, -0.1) is 21.5 Å². The van der Waals surface area contributed by atoms with Gasteiger partial charge in [-0.3, -0.25) is 9.59 Å². The Labute approximate surface area is 258 Å². The van der Waals surface area contributed by atoms with E-state index >= 15 is 0 Å². The lowest BCUT2D eigenvalue weighted by Gasteiger charge is -2.14. The van der Waals surface area contributed by atoms with E-state index in [2.05, 4.69) is 27.8 Å². The molecule has 0 unspecified atom stereocenters. The van der Waals surface area contributed by atoms with E-state index in [1.54, 1.807) is 52.0 Å². The van der Waals surface area contributed by atoms with Gasteiger partial charge in [-0.25, -0.2) is 9.59 Å². The highest BCUT2D eigenvalue weighted by Crippen LogP contribution is 2.35. The first-order valence-electron chi connectivity index (χ1n) is 13.9. The van der Waals surface area contributed by atoms with Gasteiger partial charge in [-0.05, 0) is 57.9 Å². The number of benzene rings is 1. The van der Waals surface area contributed by atoms with E-state index in [4.69, 9.17) is 14.2 Å². The van der Waals surface area contributed by atoms with Crippen LogP contribution in [0.15, 0.2) is 29.4 Å². The van der Waals surface area contributed by atoms with Gasteiger partial charge >= 0.3 is 11.9 Å². The maximum atomic E-state index is 13.3. The van der Waals surface area contributed by atoms with Crippen LogP contribution in [-0.2, 0) is 27.4 Å². The minimum absolute atomic E-state index is 0.126. The van der Waals surface area contributed by atoms with Crippen molar-refractivity contribution < 1.29 is 33.4 Å². The Morgan fingerprint density at radius 2 is 1.79 bits per heavy atom. The minimum Gasteiger partial charge on any atom is -0.497 e. The number of amides is 2. The molecule has 0 radical (unpaired) electrons. The number of carbonyl (C=O) groups excluding carboxylic acids is 4. The van der Waals surface area contributed by atoms with Gasteiger partial charge in [0.2, 0.25) is 5.91 Å². The zero-order valence-corrected chi connectivity index (χ0v) is 26.8. The lowest BCUT2D eigenvalue weighted by atomic mass is 10.1. The van der Waals surface area contributed by atoms with Crippen LogP contribution in [-0.4, -0.2) is 64.1 Å². The molecule has 2 aromatic heterocycles. The van der Waals surface area contributed by atoms with Crippen molar-refractivity contribution in [3.05, 3.63) is 51.7 Å². The largest absolute Gasteiger partial charge is 0.497 e. The predicted octanol–water partition coefficient (Wildman–Crippen LogP) is 4.86. The average Bonchev–Trinajstić information content (AvgIpc) is 3.53. The number of unbranched alkanes of at least 4 members (excludes halogenated alkanes) is 1. The van der Waals surface area contributed by atoms with Crippen molar-refractivity contribution in [2.75, 3.05) is 25.6 Å². The first-order chi connectivity index (χ1) is 20.6.